The van der Waals surface area contributed by atoms with E-state index in [4.69, 9.17) is 0 Å². The second kappa shape index (κ2) is 6.79. The van der Waals surface area contributed by atoms with Gasteiger partial charge in [-0.1, -0.05) is 20.4 Å². The zero-order valence-corrected chi connectivity index (χ0v) is 8.56. The molecule has 0 heterocycles. The lowest BCUT2D eigenvalue weighted by atomic mass is 10.6. The molecule has 0 spiro atoms. The van der Waals surface area contributed by atoms with E-state index in [2.05, 4.69) is 18.3 Å². The third-order valence-electron chi connectivity index (χ3n) is 0.848. The molecular formula is C8H15NO2S. The van der Waals surface area contributed by atoms with Crippen LogP contribution >= 0.6 is 0 Å². The van der Waals surface area contributed by atoms with E-state index < -0.39 is 9.84 Å². The summed E-state index contributed by atoms with van der Waals surface area (Å²) >= 11 is 0. The van der Waals surface area contributed by atoms with Gasteiger partial charge in [0.05, 0.1) is 4.91 Å². The predicted octanol–water partition coefficient (Wildman–Crippen LogP) is 1.79. The number of rotatable bonds is 3. The van der Waals surface area contributed by atoms with Gasteiger partial charge >= 0.3 is 0 Å². The summed E-state index contributed by atoms with van der Waals surface area (Å²) in [7, 11) is -3.17. The van der Waals surface area contributed by atoms with E-state index in [0.29, 0.717) is 0 Å². The van der Waals surface area contributed by atoms with Gasteiger partial charge < -0.3 is 0 Å². The quantitative estimate of drug-likeness (QED) is 0.502. The molecule has 0 aromatic carbocycles. The zero-order valence-electron chi connectivity index (χ0n) is 7.74. The van der Waals surface area contributed by atoms with Crippen LogP contribution in [0, 0.1) is 0 Å². The molecule has 0 atom stereocenters. The molecule has 4 heteroatoms. The highest BCUT2D eigenvalue weighted by Gasteiger charge is 2.04. The van der Waals surface area contributed by atoms with Crippen molar-refractivity contribution in [2.75, 3.05) is 6.26 Å². The van der Waals surface area contributed by atoms with Gasteiger partial charge in [0.2, 0.25) is 0 Å². The van der Waals surface area contributed by atoms with Crippen molar-refractivity contribution in [3.05, 3.63) is 23.8 Å². The molecule has 12 heavy (non-hydrogen) atoms. The molecule has 0 aromatic heterocycles. The van der Waals surface area contributed by atoms with Crippen LogP contribution in [0.5, 0.6) is 0 Å². The predicted molar refractivity (Wildman–Crippen MR) is 54.0 cm³/mol. The van der Waals surface area contributed by atoms with Crippen LogP contribution in [0.25, 0.3) is 0 Å². The lowest BCUT2D eigenvalue weighted by molar-refractivity contribution is 0.608. The van der Waals surface area contributed by atoms with Crippen LogP contribution in [-0.4, -0.2) is 21.4 Å². The number of allylic oxidation sites excluding steroid dienone is 1. The molecule has 70 valence electrons. The molecule has 0 saturated carbocycles. The number of hydrogen-bond acceptors (Lipinski definition) is 3. The molecule has 0 fully saturated rings. The largest absolute Gasteiger partial charge is 0.271 e. The first-order valence-electron chi connectivity index (χ1n) is 3.51. The van der Waals surface area contributed by atoms with Crippen molar-refractivity contribution in [2.45, 2.75) is 13.8 Å². The van der Waals surface area contributed by atoms with Crippen molar-refractivity contribution < 1.29 is 8.42 Å². The smallest absolute Gasteiger partial charge is 0.177 e. The molecule has 0 aromatic rings. The fourth-order valence-electron chi connectivity index (χ4n) is 0.390. The molecular weight excluding hydrogens is 174 g/mol. The molecule has 0 unspecified atom stereocenters. The molecule has 0 aliphatic heterocycles. The number of nitrogens with zero attached hydrogens (tertiary/aromatic N) is 1. The van der Waals surface area contributed by atoms with Crippen LogP contribution in [0.2, 0.25) is 0 Å². The Morgan fingerprint density at radius 1 is 1.42 bits per heavy atom. The standard InChI is InChI=1S/C6H9NO2S.C2H6/c1-4-6(5-7-2)10(3,8)9;1-2/h4-5H,1-2H2,3H3;1-2H3/b6-5+;. The first-order valence-corrected chi connectivity index (χ1v) is 5.40. The Hall–Kier alpha value is -0.900. The fourth-order valence-corrected chi connectivity index (χ4v) is 0.959. The van der Waals surface area contributed by atoms with Crippen molar-refractivity contribution >= 4 is 16.6 Å². The maximum absolute atomic E-state index is 10.7. The maximum atomic E-state index is 10.7. The van der Waals surface area contributed by atoms with E-state index in [1.165, 1.54) is 6.08 Å². The Bertz CT molecular complexity index is 263. The van der Waals surface area contributed by atoms with Gasteiger partial charge in [-0.05, 0) is 12.8 Å². The Labute approximate surface area is 74.4 Å². The van der Waals surface area contributed by atoms with Gasteiger partial charge in [-0.15, -0.1) is 0 Å². The SMILES string of the molecule is C=C/C(=C\N=C)S(C)(=O)=O.CC. The van der Waals surface area contributed by atoms with Crippen molar-refractivity contribution in [1.82, 2.24) is 0 Å². The Morgan fingerprint density at radius 2 is 1.83 bits per heavy atom. The first-order chi connectivity index (χ1) is 5.52. The van der Waals surface area contributed by atoms with Crippen LogP contribution in [0.15, 0.2) is 28.8 Å². The van der Waals surface area contributed by atoms with Crippen molar-refractivity contribution in [2.24, 2.45) is 4.99 Å². The Kier molecular flexibility index (Phi) is 7.73. The maximum Gasteiger partial charge on any atom is 0.177 e. The van der Waals surface area contributed by atoms with Gasteiger partial charge in [0, 0.05) is 12.5 Å². The van der Waals surface area contributed by atoms with Gasteiger partial charge in [-0.25, -0.2) is 8.42 Å². The molecule has 0 aliphatic rings. The lowest BCUT2D eigenvalue weighted by Gasteiger charge is -1.93. The highest BCUT2D eigenvalue weighted by Crippen LogP contribution is 2.04. The van der Waals surface area contributed by atoms with Crippen LogP contribution in [0.1, 0.15) is 13.8 Å². The van der Waals surface area contributed by atoms with Gasteiger partial charge in [0.1, 0.15) is 0 Å². The first kappa shape index (κ1) is 13.7. The molecule has 3 nitrogen and oxygen atoms in total. The number of sulfone groups is 1. The third-order valence-corrected chi connectivity index (χ3v) is 1.98. The van der Waals surface area contributed by atoms with E-state index >= 15 is 0 Å². The normalized spacial score (nSPS) is 11.1. The summed E-state index contributed by atoms with van der Waals surface area (Å²) in [6.07, 6.45) is 3.47. The number of hydrogen-bond donors (Lipinski definition) is 0. The topological polar surface area (TPSA) is 46.5 Å². The minimum atomic E-state index is -3.17. The monoisotopic (exact) mass is 189 g/mol. The summed E-state index contributed by atoms with van der Waals surface area (Å²) in [5, 5.41) is 0. The molecule has 0 saturated heterocycles. The van der Waals surface area contributed by atoms with Crippen molar-refractivity contribution in [1.29, 1.82) is 0 Å². The second-order valence-corrected chi connectivity index (χ2v) is 3.71. The summed E-state index contributed by atoms with van der Waals surface area (Å²) in [5.74, 6) is 0. The molecule has 0 bridgehead atoms. The molecule has 0 aliphatic carbocycles. The van der Waals surface area contributed by atoms with Crippen molar-refractivity contribution in [3.63, 3.8) is 0 Å². The van der Waals surface area contributed by atoms with E-state index in [9.17, 15) is 8.42 Å². The van der Waals surface area contributed by atoms with E-state index in [-0.39, 0.29) is 4.91 Å². The van der Waals surface area contributed by atoms with E-state index in [1.54, 1.807) is 0 Å². The average molecular weight is 189 g/mol. The van der Waals surface area contributed by atoms with Gasteiger partial charge in [0.25, 0.3) is 0 Å². The highest BCUT2D eigenvalue weighted by atomic mass is 32.2. The summed E-state index contributed by atoms with van der Waals surface area (Å²) in [5.41, 5.74) is 0. The second-order valence-electron chi connectivity index (χ2n) is 1.69. The minimum absolute atomic E-state index is 0.0856. The Morgan fingerprint density at radius 3 is 1.92 bits per heavy atom. The fraction of sp³-hybridized carbons (Fsp3) is 0.375. The lowest BCUT2D eigenvalue weighted by Crippen LogP contribution is -1.97. The Balaban J connectivity index is 0. The zero-order chi connectivity index (χ0) is 10.2. The average Bonchev–Trinajstić information content (AvgIpc) is 2.02. The van der Waals surface area contributed by atoms with Gasteiger partial charge in [0.15, 0.2) is 9.84 Å². The third kappa shape index (κ3) is 5.85. The highest BCUT2D eigenvalue weighted by molar-refractivity contribution is 7.94. The molecule has 0 amide bonds. The minimum Gasteiger partial charge on any atom is -0.271 e. The molecule has 0 N–H and O–H groups in total. The van der Waals surface area contributed by atoms with Crippen molar-refractivity contribution in [3.8, 4) is 0 Å². The van der Waals surface area contributed by atoms with Crippen LogP contribution in [0.3, 0.4) is 0 Å². The summed E-state index contributed by atoms with van der Waals surface area (Å²) < 4.78 is 21.5. The van der Waals surface area contributed by atoms with Crippen LogP contribution in [-0.2, 0) is 9.84 Å². The van der Waals surface area contributed by atoms with Crippen LogP contribution in [0.4, 0.5) is 0 Å². The molecule has 0 rings (SSSR count). The summed E-state index contributed by atoms with van der Waals surface area (Å²) in [4.78, 5) is 3.40. The summed E-state index contributed by atoms with van der Waals surface area (Å²) in [6.45, 7) is 10.4. The van der Waals surface area contributed by atoms with E-state index in [1.807, 2.05) is 13.8 Å². The van der Waals surface area contributed by atoms with Gasteiger partial charge in [-0.3, -0.25) is 4.99 Å². The van der Waals surface area contributed by atoms with E-state index in [0.717, 1.165) is 12.5 Å². The van der Waals surface area contributed by atoms with Gasteiger partial charge in [-0.2, -0.15) is 0 Å². The van der Waals surface area contributed by atoms with Crippen LogP contribution < -0.4 is 0 Å². The molecule has 0 radical (unpaired) electrons. The summed E-state index contributed by atoms with van der Waals surface area (Å²) in [6, 6.07) is 0. The number of aliphatic imine (C=N–C) groups is 1.